The Hall–Kier alpha value is -4.01. The topological polar surface area (TPSA) is 102 Å². The van der Waals surface area contributed by atoms with Gasteiger partial charge in [-0.3, -0.25) is 14.4 Å². The van der Waals surface area contributed by atoms with Gasteiger partial charge in [-0.05, 0) is 54.4 Å². The number of benzene rings is 2. The van der Waals surface area contributed by atoms with Gasteiger partial charge in [0.15, 0.2) is 0 Å². The maximum atomic E-state index is 13.3. The van der Waals surface area contributed by atoms with Crippen molar-refractivity contribution in [3.05, 3.63) is 77.4 Å². The second-order valence-corrected chi connectivity index (χ2v) is 7.28. The Morgan fingerprint density at radius 1 is 1.03 bits per heavy atom. The lowest BCUT2D eigenvalue weighted by Crippen LogP contribution is -2.30. The van der Waals surface area contributed by atoms with Gasteiger partial charge >= 0.3 is 5.97 Å². The van der Waals surface area contributed by atoms with Crippen molar-refractivity contribution in [2.75, 3.05) is 19.0 Å². The second-order valence-electron chi connectivity index (χ2n) is 7.28. The Bertz CT molecular complexity index is 1120. The number of carbonyl (C=O) groups is 3. The van der Waals surface area contributed by atoms with Crippen LogP contribution in [0.2, 0.25) is 0 Å². The number of esters is 1. The molecular weight excluding hydrogens is 415 g/mol. The van der Waals surface area contributed by atoms with E-state index in [2.05, 4.69) is 20.5 Å². The molecular formula is C23H23FN4O4. The third-order valence-electron chi connectivity index (χ3n) is 4.70. The minimum absolute atomic E-state index is 0.0239. The highest BCUT2D eigenvalue weighted by Gasteiger charge is 2.21. The Balaban J connectivity index is 1.75. The molecule has 0 atom stereocenters. The lowest BCUT2D eigenvalue weighted by Gasteiger charge is -2.13. The molecule has 0 aliphatic heterocycles. The van der Waals surface area contributed by atoms with Crippen molar-refractivity contribution in [3.8, 4) is 5.69 Å². The molecule has 1 heterocycles. The predicted octanol–water partition coefficient (Wildman–Crippen LogP) is 3.29. The third-order valence-corrected chi connectivity index (χ3v) is 4.70. The van der Waals surface area contributed by atoms with Gasteiger partial charge in [-0.2, -0.15) is 5.10 Å². The molecule has 8 nitrogen and oxygen atoms in total. The first-order valence-corrected chi connectivity index (χ1v) is 9.90. The normalized spacial score (nSPS) is 10.7. The number of hydrogen-bond acceptors (Lipinski definition) is 5. The first-order valence-electron chi connectivity index (χ1n) is 9.90. The first-order chi connectivity index (χ1) is 15.3. The van der Waals surface area contributed by atoms with E-state index in [1.165, 1.54) is 37.6 Å². The van der Waals surface area contributed by atoms with Crippen LogP contribution in [0.5, 0.6) is 0 Å². The molecule has 2 N–H and O–H groups in total. The predicted molar refractivity (Wildman–Crippen MR) is 116 cm³/mol. The van der Waals surface area contributed by atoms with Gasteiger partial charge in [0.2, 0.25) is 0 Å². The molecule has 0 fully saturated rings. The summed E-state index contributed by atoms with van der Waals surface area (Å²) in [6, 6.07) is 12.1. The average molecular weight is 438 g/mol. The average Bonchev–Trinajstić information content (AvgIpc) is 3.24. The second kappa shape index (κ2) is 9.86. The zero-order valence-corrected chi connectivity index (χ0v) is 17.9. The van der Waals surface area contributed by atoms with Gasteiger partial charge in [-0.25, -0.2) is 9.07 Å². The maximum Gasteiger partial charge on any atom is 0.325 e. The number of rotatable bonds is 7. The van der Waals surface area contributed by atoms with Gasteiger partial charge in [0, 0.05) is 11.3 Å². The zero-order chi connectivity index (χ0) is 23.3. The maximum absolute atomic E-state index is 13.3. The van der Waals surface area contributed by atoms with Crippen LogP contribution in [-0.4, -0.2) is 41.2 Å². The Labute approximate surface area is 184 Å². The SMILES string of the molecule is COC(=O)CNC(=O)c1ccc(NC(=O)c2cnn(-c3ccc(F)cc3)c2C(C)C)cc1. The molecule has 0 unspecified atom stereocenters. The Morgan fingerprint density at radius 2 is 1.69 bits per heavy atom. The van der Waals surface area contributed by atoms with Gasteiger partial charge in [0.25, 0.3) is 11.8 Å². The third kappa shape index (κ3) is 5.18. The van der Waals surface area contributed by atoms with Crippen molar-refractivity contribution in [1.29, 1.82) is 0 Å². The van der Waals surface area contributed by atoms with Crippen LogP contribution in [0.1, 0.15) is 46.2 Å². The summed E-state index contributed by atoms with van der Waals surface area (Å²) in [5.41, 5.74) is 2.55. The standard InChI is InChI=1S/C23H23FN4O4/c1-14(2)21-19(12-26-28(21)18-10-6-16(24)7-11-18)23(31)27-17-8-4-15(5-9-17)22(30)25-13-20(29)32-3/h4-12,14H,13H2,1-3H3,(H,25,30)(H,27,31). The summed E-state index contributed by atoms with van der Waals surface area (Å²) in [6.07, 6.45) is 1.47. The van der Waals surface area contributed by atoms with E-state index in [0.29, 0.717) is 28.2 Å². The minimum Gasteiger partial charge on any atom is -0.468 e. The van der Waals surface area contributed by atoms with Gasteiger partial charge in [0.05, 0.1) is 30.3 Å². The number of aromatic nitrogens is 2. The van der Waals surface area contributed by atoms with Gasteiger partial charge in [0.1, 0.15) is 12.4 Å². The van der Waals surface area contributed by atoms with E-state index in [1.807, 2.05) is 13.8 Å². The smallest absolute Gasteiger partial charge is 0.325 e. The zero-order valence-electron chi connectivity index (χ0n) is 17.9. The number of hydrogen-bond donors (Lipinski definition) is 2. The van der Waals surface area contributed by atoms with Gasteiger partial charge < -0.3 is 15.4 Å². The molecule has 0 bridgehead atoms. The largest absolute Gasteiger partial charge is 0.468 e. The summed E-state index contributed by atoms with van der Waals surface area (Å²) in [5.74, 6) is -1.72. The van der Waals surface area contributed by atoms with E-state index >= 15 is 0 Å². The summed E-state index contributed by atoms with van der Waals surface area (Å²) < 4.78 is 19.4. The Morgan fingerprint density at radius 3 is 2.28 bits per heavy atom. The van der Waals surface area contributed by atoms with Gasteiger partial charge in [-0.15, -0.1) is 0 Å². The van der Waals surface area contributed by atoms with Crippen LogP contribution < -0.4 is 10.6 Å². The number of methoxy groups -OCH3 is 1. The summed E-state index contributed by atoms with van der Waals surface area (Å²) in [7, 11) is 1.24. The molecule has 0 aliphatic rings. The molecule has 3 aromatic rings. The molecule has 2 amide bonds. The molecule has 0 saturated carbocycles. The van der Waals surface area contributed by atoms with Crippen LogP contribution in [0.25, 0.3) is 5.69 Å². The van der Waals surface area contributed by atoms with Crippen LogP contribution >= 0.6 is 0 Å². The fourth-order valence-corrected chi connectivity index (χ4v) is 3.11. The van der Waals surface area contributed by atoms with Crippen molar-refractivity contribution < 1.29 is 23.5 Å². The van der Waals surface area contributed by atoms with E-state index in [-0.39, 0.29) is 24.2 Å². The van der Waals surface area contributed by atoms with E-state index in [4.69, 9.17) is 0 Å². The molecule has 3 rings (SSSR count). The van der Waals surface area contributed by atoms with Crippen molar-refractivity contribution >= 4 is 23.5 Å². The van der Waals surface area contributed by atoms with Crippen LogP contribution in [0, 0.1) is 5.82 Å². The van der Waals surface area contributed by atoms with Crippen molar-refractivity contribution in [3.63, 3.8) is 0 Å². The highest BCUT2D eigenvalue weighted by molar-refractivity contribution is 6.05. The molecule has 9 heteroatoms. The molecule has 0 spiro atoms. The number of anilines is 1. The van der Waals surface area contributed by atoms with Crippen molar-refractivity contribution in [1.82, 2.24) is 15.1 Å². The lowest BCUT2D eigenvalue weighted by molar-refractivity contribution is -0.139. The lowest BCUT2D eigenvalue weighted by atomic mass is 10.0. The number of amides is 2. The number of carbonyl (C=O) groups excluding carboxylic acids is 3. The molecule has 2 aromatic carbocycles. The molecule has 0 aliphatic carbocycles. The van der Waals surface area contributed by atoms with E-state index < -0.39 is 11.9 Å². The van der Waals surface area contributed by atoms with E-state index in [1.54, 1.807) is 28.9 Å². The van der Waals surface area contributed by atoms with Crippen LogP contribution in [-0.2, 0) is 9.53 Å². The van der Waals surface area contributed by atoms with Crippen LogP contribution in [0.3, 0.4) is 0 Å². The van der Waals surface area contributed by atoms with E-state index in [0.717, 1.165) is 0 Å². The Kier molecular flexibility index (Phi) is 6.99. The van der Waals surface area contributed by atoms with E-state index in [9.17, 15) is 18.8 Å². The molecule has 32 heavy (non-hydrogen) atoms. The molecule has 0 saturated heterocycles. The fourth-order valence-electron chi connectivity index (χ4n) is 3.11. The van der Waals surface area contributed by atoms with Gasteiger partial charge in [-0.1, -0.05) is 13.8 Å². The van der Waals surface area contributed by atoms with Crippen LogP contribution in [0.4, 0.5) is 10.1 Å². The van der Waals surface area contributed by atoms with Crippen molar-refractivity contribution in [2.24, 2.45) is 0 Å². The molecule has 0 radical (unpaired) electrons. The summed E-state index contributed by atoms with van der Waals surface area (Å²) in [5, 5.41) is 9.56. The highest BCUT2D eigenvalue weighted by Crippen LogP contribution is 2.24. The summed E-state index contributed by atoms with van der Waals surface area (Å²) >= 11 is 0. The monoisotopic (exact) mass is 438 g/mol. The number of halogens is 1. The van der Waals surface area contributed by atoms with Crippen LogP contribution in [0.15, 0.2) is 54.7 Å². The highest BCUT2D eigenvalue weighted by atomic mass is 19.1. The number of ether oxygens (including phenoxy) is 1. The quantitative estimate of drug-likeness (QED) is 0.551. The summed E-state index contributed by atoms with van der Waals surface area (Å²) in [4.78, 5) is 36.1. The van der Waals surface area contributed by atoms with Crippen molar-refractivity contribution in [2.45, 2.75) is 19.8 Å². The summed E-state index contributed by atoms with van der Waals surface area (Å²) in [6.45, 7) is 3.65. The molecule has 1 aromatic heterocycles. The fraction of sp³-hybridized carbons (Fsp3) is 0.217. The molecule has 166 valence electrons. The number of nitrogens with one attached hydrogen (secondary N) is 2. The first kappa shape index (κ1) is 22.7. The minimum atomic E-state index is -0.552. The number of nitrogens with zero attached hydrogens (tertiary/aromatic N) is 2.